The molecule has 4 nitrogen and oxygen atoms in total. The van der Waals surface area contributed by atoms with Crippen LogP contribution >= 0.6 is 0 Å². The van der Waals surface area contributed by atoms with Crippen molar-refractivity contribution in [3.05, 3.63) is 47.8 Å². The number of pyridine rings is 1. The Hall–Kier alpha value is -2.23. The number of phenolic OH excluding ortho intramolecular Hbond substituents is 1. The Kier molecular flexibility index (Phi) is 3.67. The van der Waals surface area contributed by atoms with Gasteiger partial charge < -0.3 is 15.2 Å². The van der Waals surface area contributed by atoms with E-state index in [0.29, 0.717) is 12.3 Å². The van der Waals surface area contributed by atoms with Crippen molar-refractivity contribution in [2.24, 2.45) is 0 Å². The van der Waals surface area contributed by atoms with E-state index in [9.17, 15) is 5.11 Å². The molecule has 1 aromatic carbocycles. The maximum Gasteiger partial charge on any atom is 0.124 e. The third-order valence-corrected chi connectivity index (χ3v) is 2.69. The van der Waals surface area contributed by atoms with Crippen LogP contribution in [-0.2, 0) is 6.54 Å². The summed E-state index contributed by atoms with van der Waals surface area (Å²) in [6.45, 7) is 2.49. The summed E-state index contributed by atoms with van der Waals surface area (Å²) in [5, 5.41) is 13.0. The van der Waals surface area contributed by atoms with Crippen molar-refractivity contribution in [2.45, 2.75) is 13.5 Å². The molecule has 0 fully saturated rings. The first-order chi connectivity index (χ1) is 8.69. The van der Waals surface area contributed by atoms with Gasteiger partial charge in [0.15, 0.2) is 0 Å². The Balaban J connectivity index is 2.04. The van der Waals surface area contributed by atoms with Crippen LogP contribution in [0.5, 0.6) is 11.5 Å². The summed E-state index contributed by atoms with van der Waals surface area (Å²) in [6, 6.07) is 9.16. The van der Waals surface area contributed by atoms with Gasteiger partial charge in [0.25, 0.3) is 0 Å². The zero-order chi connectivity index (χ0) is 13.0. The van der Waals surface area contributed by atoms with E-state index in [1.54, 1.807) is 19.4 Å². The van der Waals surface area contributed by atoms with E-state index in [2.05, 4.69) is 10.3 Å². The number of benzene rings is 1. The Morgan fingerprint density at radius 2 is 2.11 bits per heavy atom. The maximum atomic E-state index is 9.81. The van der Waals surface area contributed by atoms with Gasteiger partial charge in [-0.15, -0.1) is 0 Å². The van der Waals surface area contributed by atoms with E-state index in [-0.39, 0.29) is 5.75 Å². The molecule has 0 saturated heterocycles. The summed E-state index contributed by atoms with van der Waals surface area (Å²) in [7, 11) is 1.57. The van der Waals surface area contributed by atoms with Crippen LogP contribution in [-0.4, -0.2) is 17.2 Å². The van der Waals surface area contributed by atoms with E-state index in [1.165, 1.54) is 0 Å². The number of aromatic nitrogens is 1. The Morgan fingerprint density at radius 1 is 1.28 bits per heavy atom. The molecule has 1 aromatic heterocycles. The van der Waals surface area contributed by atoms with Crippen molar-refractivity contribution in [1.29, 1.82) is 0 Å². The van der Waals surface area contributed by atoms with Gasteiger partial charge in [-0.05, 0) is 31.2 Å². The number of nitrogens with one attached hydrogen (secondary N) is 1. The van der Waals surface area contributed by atoms with Crippen LogP contribution in [0.3, 0.4) is 0 Å². The van der Waals surface area contributed by atoms with E-state index < -0.39 is 0 Å². The number of rotatable bonds is 4. The molecule has 0 bridgehead atoms. The lowest BCUT2D eigenvalue weighted by atomic mass is 10.2. The van der Waals surface area contributed by atoms with Crippen molar-refractivity contribution >= 4 is 5.69 Å². The molecule has 0 unspecified atom stereocenters. The number of anilines is 1. The molecule has 0 aliphatic rings. The second-order valence-electron chi connectivity index (χ2n) is 4.04. The number of aromatic hydroxyl groups is 1. The van der Waals surface area contributed by atoms with Gasteiger partial charge >= 0.3 is 0 Å². The largest absolute Gasteiger partial charge is 0.507 e. The molecule has 0 spiro atoms. The quantitative estimate of drug-likeness (QED) is 0.868. The third-order valence-electron chi connectivity index (χ3n) is 2.69. The highest BCUT2D eigenvalue weighted by Crippen LogP contribution is 2.24. The van der Waals surface area contributed by atoms with E-state index in [0.717, 1.165) is 16.9 Å². The third kappa shape index (κ3) is 2.91. The van der Waals surface area contributed by atoms with Crippen LogP contribution in [0.4, 0.5) is 5.69 Å². The topological polar surface area (TPSA) is 54.4 Å². The summed E-state index contributed by atoms with van der Waals surface area (Å²) in [5.74, 6) is 0.871. The minimum atomic E-state index is 0.224. The van der Waals surface area contributed by atoms with Gasteiger partial charge in [0, 0.05) is 23.9 Å². The number of nitrogens with zero attached hydrogens (tertiary/aromatic N) is 1. The highest BCUT2D eigenvalue weighted by Gasteiger charge is 2.03. The molecule has 18 heavy (non-hydrogen) atoms. The highest BCUT2D eigenvalue weighted by atomic mass is 16.5. The van der Waals surface area contributed by atoms with Crippen LogP contribution in [0.15, 0.2) is 36.5 Å². The molecule has 2 aromatic rings. The fourth-order valence-corrected chi connectivity index (χ4v) is 1.59. The first-order valence-corrected chi connectivity index (χ1v) is 5.71. The summed E-state index contributed by atoms with van der Waals surface area (Å²) in [6.07, 6.45) is 1.77. The summed E-state index contributed by atoms with van der Waals surface area (Å²) in [5.41, 5.74) is 2.72. The van der Waals surface area contributed by atoms with Gasteiger partial charge in [0.1, 0.15) is 11.5 Å². The lowest BCUT2D eigenvalue weighted by Crippen LogP contribution is -2.00. The summed E-state index contributed by atoms with van der Waals surface area (Å²) in [4.78, 5) is 4.20. The van der Waals surface area contributed by atoms with E-state index >= 15 is 0 Å². The monoisotopic (exact) mass is 244 g/mol. The average molecular weight is 244 g/mol. The van der Waals surface area contributed by atoms with Crippen molar-refractivity contribution < 1.29 is 9.84 Å². The second kappa shape index (κ2) is 5.40. The first-order valence-electron chi connectivity index (χ1n) is 5.71. The minimum absolute atomic E-state index is 0.224. The molecule has 2 N–H and O–H groups in total. The van der Waals surface area contributed by atoms with Gasteiger partial charge in [-0.2, -0.15) is 0 Å². The molecule has 94 valence electrons. The Labute approximate surface area is 106 Å². The van der Waals surface area contributed by atoms with Crippen LogP contribution in [0.2, 0.25) is 0 Å². The van der Waals surface area contributed by atoms with Crippen LogP contribution in [0.25, 0.3) is 0 Å². The molecular formula is C14H16N2O2. The predicted molar refractivity (Wildman–Crippen MR) is 71.0 cm³/mol. The molecule has 4 heteroatoms. The summed E-state index contributed by atoms with van der Waals surface area (Å²) >= 11 is 0. The molecule has 0 aliphatic heterocycles. The number of ether oxygens (including phenoxy) is 1. The lowest BCUT2D eigenvalue weighted by Gasteiger charge is -2.09. The number of phenols is 1. The lowest BCUT2D eigenvalue weighted by molar-refractivity contribution is 0.406. The van der Waals surface area contributed by atoms with Gasteiger partial charge in [-0.25, -0.2) is 0 Å². The zero-order valence-corrected chi connectivity index (χ0v) is 10.5. The molecule has 0 radical (unpaired) electrons. The van der Waals surface area contributed by atoms with E-state index in [4.69, 9.17) is 4.74 Å². The average Bonchev–Trinajstić information content (AvgIpc) is 2.39. The maximum absolute atomic E-state index is 9.81. The fourth-order valence-electron chi connectivity index (χ4n) is 1.59. The molecular weight excluding hydrogens is 228 g/mol. The normalized spacial score (nSPS) is 10.1. The number of hydrogen-bond donors (Lipinski definition) is 2. The molecule has 0 amide bonds. The summed E-state index contributed by atoms with van der Waals surface area (Å²) < 4.78 is 5.04. The SMILES string of the molecule is COc1ccc(CNc2ccc(C)nc2)c(O)c1. The smallest absolute Gasteiger partial charge is 0.124 e. The first kappa shape index (κ1) is 12.2. The van der Waals surface area contributed by atoms with Crippen molar-refractivity contribution in [1.82, 2.24) is 4.98 Å². The molecule has 1 heterocycles. The van der Waals surface area contributed by atoms with Crippen LogP contribution in [0, 0.1) is 6.92 Å². The minimum Gasteiger partial charge on any atom is -0.507 e. The fraction of sp³-hybridized carbons (Fsp3) is 0.214. The van der Waals surface area contributed by atoms with Crippen molar-refractivity contribution in [2.75, 3.05) is 12.4 Å². The predicted octanol–water partition coefficient (Wildman–Crippen LogP) is 2.72. The van der Waals surface area contributed by atoms with Crippen LogP contribution in [0.1, 0.15) is 11.3 Å². The number of aryl methyl sites for hydroxylation is 1. The zero-order valence-electron chi connectivity index (χ0n) is 10.5. The van der Waals surface area contributed by atoms with Crippen molar-refractivity contribution in [3.63, 3.8) is 0 Å². The van der Waals surface area contributed by atoms with Crippen molar-refractivity contribution in [3.8, 4) is 11.5 Å². The van der Waals surface area contributed by atoms with E-state index in [1.807, 2.05) is 31.2 Å². The Bertz CT molecular complexity index is 524. The molecule has 2 rings (SSSR count). The molecule has 0 atom stereocenters. The molecule has 0 aliphatic carbocycles. The number of hydrogen-bond acceptors (Lipinski definition) is 4. The number of methoxy groups -OCH3 is 1. The Morgan fingerprint density at radius 3 is 2.72 bits per heavy atom. The highest BCUT2D eigenvalue weighted by molar-refractivity contribution is 5.45. The van der Waals surface area contributed by atoms with Gasteiger partial charge in [-0.1, -0.05) is 0 Å². The van der Waals surface area contributed by atoms with Gasteiger partial charge in [-0.3, -0.25) is 4.98 Å². The second-order valence-corrected chi connectivity index (χ2v) is 4.04. The van der Waals surface area contributed by atoms with Gasteiger partial charge in [0.05, 0.1) is 19.0 Å². The molecule has 0 saturated carbocycles. The standard InChI is InChI=1S/C14H16N2O2/c1-10-3-5-12(9-15-10)16-8-11-4-6-13(18-2)7-14(11)17/h3-7,9,16-17H,8H2,1-2H3. The van der Waals surface area contributed by atoms with Crippen LogP contribution < -0.4 is 10.1 Å². The van der Waals surface area contributed by atoms with Gasteiger partial charge in [0.2, 0.25) is 0 Å².